The van der Waals surface area contributed by atoms with Crippen LogP contribution in [-0.2, 0) is 22.6 Å². The van der Waals surface area contributed by atoms with Gasteiger partial charge in [-0.1, -0.05) is 18.2 Å². The average Bonchev–Trinajstić information content (AvgIpc) is 2.65. The van der Waals surface area contributed by atoms with Gasteiger partial charge in [-0.05, 0) is 35.4 Å². The van der Waals surface area contributed by atoms with Gasteiger partial charge in [-0.2, -0.15) is 8.78 Å². The lowest BCUT2D eigenvalue weighted by atomic mass is 10.1. The van der Waals surface area contributed by atoms with Crippen molar-refractivity contribution in [3.63, 3.8) is 0 Å². The van der Waals surface area contributed by atoms with Crippen LogP contribution in [0.1, 0.15) is 11.1 Å². The van der Waals surface area contributed by atoms with Crippen LogP contribution in [0.25, 0.3) is 0 Å². The highest BCUT2D eigenvalue weighted by molar-refractivity contribution is 5.85. The Hall–Kier alpha value is -3.23. The Morgan fingerprint density at radius 3 is 2.46 bits per heavy atom. The maximum absolute atomic E-state index is 13.1. The topological polar surface area (TPSA) is 76.7 Å². The van der Waals surface area contributed by atoms with Crippen LogP contribution in [0.3, 0.4) is 0 Å². The summed E-state index contributed by atoms with van der Waals surface area (Å²) in [6, 6.07) is 9.90. The van der Waals surface area contributed by atoms with E-state index < -0.39 is 24.2 Å². The van der Waals surface area contributed by atoms with Gasteiger partial charge in [-0.3, -0.25) is 9.59 Å². The number of hydrogen-bond acceptors (Lipinski definition) is 4. The molecule has 2 N–H and O–H groups in total. The highest BCUT2D eigenvalue weighted by Gasteiger charge is 2.12. The largest absolute Gasteiger partial charge is 0.493 e. The first-order valence-electron chi connectivity index (χ1n) is 8.27. The molecule has 0 atom stereocenters. The van der Waals surface area contributed by atoms with E-state index in [1.54, 1.807) is 6.07 Å². The van der Waals surface area contributed by atoms with Crippen LogP contribution in [-0.4, -0.2) is 32.1 Å². The van der Waals surface area contributed by atoms with E-state index in [9.17, 15) is 22.8 Å². The molecule has 0 fully saturated rings. The highest BCUT2D eigenvalue weighted by atomic mass is 19.3. The predicted octanol–water partition coefficient (Wildman–Crippen LogP) is 2.41. The van der Waals surface area contributed by atoms with Crippen molar-refractivity contribution in [2.75, 3.05) is 13.7 Å². The van der Waals surface area contributed by atoms with Gasteiger partial charge in [0.05, 0.1) is 20.1 Å². The minimum atomic E-state index is -2.98. The van der Waals surface area contributed by atoms with Gasteiger partial charge in [-0.25, -0.2) is 4.39 Å². The van der Waals surface area contributed by atoms with Crippen LogP contribution in [0, 0.1) is 5.82 Å². The smallest absolute Gasteiger partial charge is 0.387 e. The quantitative estimate of drug-likeness (QED) is 0.683. The highest BCUT2D eigenvalue weighted by Crippen LogP contribution is 2.29. The summed E-state index contributed by atoms with van der Waals surface area (Å²) in [6.07, 6.45) is -0.0478. The molecule has 0 bridgehead atoms. The predicted molar refractivity (Wildman–Crippen MR) is 94.6 cm³/mol. The lowest BCUT2D eigenvalue weighted by molar-refractivity contribution is -0.125. The van der Waals surface area contributed by atoms with Gasteiger partial charge in [0.15, 0.2) is 11.5 Å². The van der Waals surface area contributed by atoms with E-state index in [4.69, 9.17) is 4.74 Å². The summed E-state index contributed by atoms with van der Waals surface area (Å²) in [5.41, 5.74) is 1.09. The summed E-state index contributed by atoms with van der Waals surface area (Å²) >= 11 is 0. The normalized spacial score (nSPS) is 10.5. The summed E-state index contributed by atoms with van der Waals surface area (Å²) in [6.45, 7) is -3.13. The molecule has 0 radical (unpaired) electrons. The van der Waals surface area contributed by atoms with E-state index in [2.05, 4.69) is 15.4 Å². The van der Waals surface area contributed by atoms with E-state index in [0.717, 1.165) is 0 Å². The van der Waals surface area contributed by atoms with Crippen molar-refractivity contribution in [2.45, 2.75) is 19.6 Å². The fourth-order valence-corrected chi connectivity index (χ4v) is 2.35. The minimum absolute atomic E-state index is 0.0478. The number of halogens is 3. The number of ether oxygens (including phenoxy) is 2. The van der Waals surface area contributed by atoms with Crippen molar-refractivity contribution in [3.8, 4) is 11.5 Å². The Morgan fingerprint density at radius 2 is 1.79 bits per heavy atom. The van der Waals surface area contributed by atoms with Crippen molar-refractivity contribution in [3.05, 3.63) is 59.4 Å². The molecular weight excluding hydrogens is 377 g/mol. The number of alkyl halides is 2. The molecular formula is C19H19F3N2O4. The van der Waals surface area contributed by atoms with Gasteiger partial charge in [0.25, 0.3) is 0 Å². The Kier molecular flexibility index (Phi) is 7.67. The van der Waals surface area contributed by atoms with E-state index >= 15 is 0 Å². The van der Waals surface area contributed by atoms with Crippen LogP contribution in [0.15, 0.2) is 42.5 Å². The van der Waals surface area contributed by atoms with Crippen molar-refractivity contribution >= 4 is 11.8 Å². The van der Waals surface area contributed by atoms with E-state index in [-0.39, 0.29) is 31.0 Å². The maximum atomic E-state index is 13.1. The molecule has 0 aromatic heterocycles. The zero-order valence-electron chi connectivity index (χ0n) is 15.0. The number of methoxy groups -OCH3 is 1. The first-order chi connectivity index (χ1) is 13.4. The van der Waals surface area contributed by atoms with Gasteiger partial charge in [0.1, 0.15) is 5.82 Å². The summed E-state index contributed by atoms with van der Waals surface area (Å²) in [5, 5.41) is 5.02. The van der Waals surface area contributed by atoms with Crippen LogP contribution in [0.4, 0.5) is 13.2 Å². The SMILES string of the molecule is COc1cc(CNC(=O)CNC(=O)Cc2cccc(F)c2)ccc1OC(F)F. The van der Waals surface area contributed by atoms with Gasteiger partial charge in [0.2, 0.25) is 11.8 Å². The second-order valence-corrected chi connectivity index (χ2v) is 5.72. The van der Waals surface area contributed by atoms with Gasteiger partial charge in [0, 0.05) is 6.54 Å². The molecule has 9 heteroatoms. The summed E-state index contributed by atoms with van der Waals surface area (Å²) in [5.74, 6) is -1.31. The zero-order valence-corrected chi connectivity index (χ0v) is 15.0. The van der Waals surface area contributed by atoms with Crippen molar-refractivity contribution in [1.29, 1.82) is 0 Å². The number of rotatable bonds is 9. The van der Waals surface area contributed by atoms with Crippen LogP contribution >= 0.6 is 0 Å². The molecule has 150 valence electrons. The molecule has 6 nitrogen and oxygen atoms in total. The molecule has 0 unspecified atom stereocenters. The summed E-state index contributed by atoms with van der Waals surface area (Å²) in [4.78, 5) is 23.7. The number of amides is 2. The number of carbonyl (C=O) groups excluding carboxylic acids is 2. The Bertz CT molecular complexity index is 831. The van der Waals surface area contributed by atoms with Crippen LogP contribution < -0.4 is 20.1 Å². The molecule has 0 aliphatic carbocycles. The number of benzene rings is 2. The molecule has 0 spiro atoms. The van der Waals surface area contributed by atoms with Gasteiger partial charge in [-0.15, -0.1) is 0 Å². The maximum Gasteiger partial charge on any atom is 0.387 e. The molecule has 2 amide bonds. The standard InChI is InChI=1S/C19H19F3N2O4/c1-27-16-8-13(5-6-15(16)28-19(21)22)10-23-18(26)11-24-17(25)9-12-3-2-4-14(20)7-12/h2-8,19H,9-11H2,1H3,(H,23,26)(H,24,25). The molecule has 2 rings (SSSR count). The third-order valence-corrected chi connectivity index (χ3v) is 3.63. The lowest BCUT2D eigenvalue weighted by Gasteiger charge is -2.12. The second kappa shape index (κ2) is 10.2. The molecule has 2 aromatic carbocycles. The first kappa shape index (κ1) is 21.1. The second-order valence-electron chi connectivity index (χ2n) is 5.72. The van der Waals surface area contributed by atoms with Gasteiger partial charge < -0.3 is 20.1 Å². The summed E-state index contributed by atoms with van der Waals surface area (Å²) in [7, 11) is 1.31. The Labute approximate surface area is 159 Å². The van der Waals surface area contributed by atoms with Crippen LogP contribution in [0.2, 0.25) is 0 Å². The Morgan fingerprint density at radius 1 is 1.00 bits per heavy atom. The monoisotopic (exact) mass is 396 g/mol. The molecule has 0 heterocycles. The fraction of sp³-hybridized carbons (Fsp3) is 0.263. The molecule has 0 saturated carbocycles. The van der Waals surface area contributed by atoms with E-state index in [1.807, 2.05) is 0 Å². The minimum Gasteiger partial charge on any atom is -0.493 e. The van der Waals surface area contributed by atoms with E-state index in [0.29, 0.717) is 11.1 Å². The third-order valence-electron chi connectivity index (χ3n) is 3.63. The zero-order chi connectivity index (χ0) is 20.5. The van der Waals surface area contributed by atoms with E-state index in [1.165, 1.54) is 43.5 Å². The number of nitrogens with one attached hydrogen (secondary N) is 2. The van der Waals surface area contributed by atoms with Crippen LogP contribution in [0.5, 0.6) is 11.5 Å². The van der Waals surface area contributed by atoms with Gasteiger partial charge >= 0.3 is 6.61 Å². The van der Waals surface area contributed by atoms with Crippen molar-refractivity contribution in [1.82, 2.24) is 10.6 Å². The Balaban J connectivity index is 1.79. The first-order valence-corrected chi connectivity index (χ1v) is 8.27. The number of carbonyl (C=O) groups is 2. The summed E-state index contributed by atoms with van der Waals surface area (Å²) < 4.78 is 47.0. The molecule has 2 aromatic rings. The third kappa shape index (κ3) is 6.82. The molecule has 28 heavy (non-hydrogen) atoms. The molecule has 0 aliphatic rings. The van der Waals surface area contributed by atoms with Crippen molar-refractivity contribution < 1.29 is 32.2 Å². The molecule has 0 saturated heterocycles. The number of hydrogen-bond donors (Lipinski definition) is 2. The molecule has 0 aliphatic heterocycles. The average molecular weight is 396 g/mol. The fourth-order valence-electron chi connectivity index (χ4n) is 2.35. The van der Waals surface area contributed by atoms with Crippen molar-refractivity contribution in [2.24, 2.45) is 0 Å². The lowest BCUT2D eigenvalue weighted by Crippen LogP contribution is -2.37.